The Morgan fingerprint density at radius 3 is 3.33 bits per heavy atom. The van der Waals surface area contributed by atoms with Gasteiger partial charge in [-0.2, -0.15) is 0 Å². The Morgan fingerprint density at radius 1 is 1.47 bits per heavy atom. The highest BCUT2D eigenvalue weighted by molar-refractivity contribution is 5.20. The Balaban J connectivity index is 1.89. The maximum atomic E-state index is 5.37. The van der Waals surface area contributed by atoms with Crippen molar-refractivity contribution in [2.24, 2.45) is 0 Å². The summed E-state index contributed by atoms with van der Waals surface area (Å²) in [6.45, 7) is 3.59. The molecule has 0 radical (unpaired) electrons. The van der Waals surface area contributed by atoms with Crippen molar-refractivity contribution in [1.29, 1.82) is 0 Å². The van der Waals surface area contributed by atoms with Gasteiger partial charge in [0.1, 0.15) is 5.82 Å². The highest BCUT2D eigenvalue weighted by Gasteiger charge is 2.21. The fraction of sp³-hybridized carbons (Fsp3) is 0.636. The molecule has 4 heteroatoms. The molecular formula is C11H15N3O. The first kappa shape index (κ1) is 9.24. The molecule has 2 aliphatic rings. The summed E-state index contributed by atoms with van der Waals surface area (Å²) in [5, 5.41) is 3.35. The van der Waals surface area contributed by atoms with Gasteiger partial charge < -0.3 is 10.1 Å². The van der Waals surface area contributed by atoms with E-state index in [0.29, 0.717) is 12.5 Å². The van der Waals surface area contributed by atoms with E-state index in [4.69, 9.17) is 4.74 Å². The Hall–Kier alpha value is -1.00. The van der Waals surface area contributed by atoms with Crippen LogP contribution in [0.5, 0.6) is 0 Å². The number of hydrogen-bond acceptors (Lipinski definition) is 4. The van der Waals surface area contributed by atoms with Gasteiger partial charge in [-0.15, -0.1) is 0 Å². The van der Waals surface area contributed by atoms with Crippen LogP contribution < -0.4 is 5.32 Å². The predicted molar refractivity (Wildman–Crippen MR) is 55.6 cm³/mol. The van der Waals surface area contributed by atoms with Crippen molar-refractivity contribution in [2.75, 3.05) is 19.7 Å². The van der Waals surface area contributed by atoms with Crippen LogP contribution in [0.25, 0.3) is 0 Å². The van der Waals surface area contributed by atoms with E-state index >= 15 is 0 Å². The molecule has 0 saturated carbocycles. The lowest BCUT2D eigenvalue weighted by Gasteiger charge is -2.16. The molecule has 2 aliphatic heterocycles. The second kappa shape index (κ2) is 3.87. The van der Waals surface area contributed by atoms with Gasteiger partial charge in [-0.1, -0.05) is 0 Å². The number of fused-ring (bicyclic) bond motifs is 1. The summed E-state index contributed by atoms with van der Waals surface area (Å²) in [6, 6.07) is 0. The first-order valence-corrected chi connectivity index (χ1v) is 5.56. The van der Waals surface area contributed by atoms with Crippen molar-refractivity contribution < 1.29 is 4.74 Å². The van der Waals surface area contributed by atoms with Crippen LogP contribution in [0.2, 0.25) is 0 Å². The fourth-order valence-electron chi connectivity index (χ4n) is 2.22. The minimum atomic E-state index is 0.512. The minimum absolute atomic E-state index is 0.512. The number of hydrogen-bond donors (Lipinski definition) is 1. The van der Waals surface area contributed by atoms with Crippen LogP contribution in [-0.2, 0) is 17.8 Å². The summed E-state index contributed by atoms with van der Waals surface area (Å²) < 4.78 is 5.37. The normalized spacial score (nSPS) is 25.2. The second-order valence-corrected chi connectivity index (χ2v) is 4.19. The molecular weight excluding hydrogens is 190 g/mol. The van der Waals surface area contributed by atoms with Crippen LogP contribution in [0.3, 0.4) is 0 Å². The van der Waals surface area contributed by atoms with Gasteiger partial charge >= 0.3 is 0 Å². The molecule has 3 rings (SSSR count). The second-order valence-electron chi connectivity index (χ2n) is 4.19. The molecule has 3 heterocycles. The molecule has 1 aromatic heterocycles. The smallest absolute Gasteiger partial charge is 0.132 e. The molecule has 0 aliphatic carbocycles. The minimum Gasteiger partial charge on any atom is -0.376 e. The average molecular weight is 205 g/mol. The number of aromatic nitrogens is 2. The van der Waals surface area contributed by atoms with Gasteiger partial charge in [0.05, 0.1) is 18.9 Å². The molecule has 1 atom stereocenters. The van der Waals surface area contributed by atoms with Crippen LogP contribution in [-0.4, -0.2) is 29.7 Å². The largest absolute Gasteiger partial charge is 0.376 e. The first-order chi connectivity index (χ1) is 7.43. The zero-order chi connectivity index (χ0) is 10.1. The average Bonchev–Trinajstić information content (AvgIpc) is 2.82. The number of nitrogens with zero attached hydrogens (tertiary/aromatic N) is 2. The van der Waals surface area contributed by atoms with Crippen molar-refractivity contribution >= 4 is 0 Å². The zero-order valence-corrected chi connectivity index (χ0v) is 8.70. The first-order valence-electron chi connectivity index (χ1n) is 5.56. The summed E-state index contributed by atoms with van der Waals surface area (Å²) >= 11 is 0. The van der Waals surface area contributed by atoms with Crippen LogP contribution >= 0.6 is 0 Å². The Kier molecular flexibility index (Phi) is 2.38. The van der Waals surface area contributed by atoms with E-state index in [-0.39, 0.29) is 0 Å². The monoisotopic (exact) mass is 205 g/mol. The predicted octanol–water partition coefficient (Wildman–Crippen LogP) is 0.626. The summed E-state index contributed by atoms with van der Waals surface area (Å²) in [7, 11) is 0. The summed E-state index contributed by atoms with van der Waals surface area (Å²) in [5.41, 5.74) is 2.36. The lowest BCUT2D eigenvalue weighted by molar-refractivity contribution is 0.108. The summed E-state index contributed by atoms with van der Waals surface area (Å²) in [4.78, 5) is 9.11. The third-order valence-electron chi connectivity index (χ3n) is 3.14. The van der Waals surface area contributed by atoms with Crippen molar-refractivity contribution in [3.05, 3.63) is 23.3 Å². The molecule has 0 aromatic carbocycles. The maximum Gasteiger partial charge on any atom is 0.132 e. The van der Waals surface area contributed by atoms with Gasteiger partial charge in [0.15, 0.2) is 0 Å². The quantitative estimate of drug-likeness (QED) is 0.730. The molecule has 1 aromatic rings. The Bertz CT molecular complexity index is 361. The molecule has 15 heavy (non-hydrogen) atoms. The van der Waals surface area contributed by atoms with Crippen molar-refractivity contribution in [3.8, 4) is 0 Å². The van der Waals surface area contributed by atoms with E-state index in [1.807, 2.05) is 6.20 Å². The maximum absolute atomic E-state index is 5.37. The van der Waals surface area contributed by atoms with Gasteiger partial charge in [-0.05, 0) is 13.0 Å². The van der Waals surface area contributed by atoms with Crippen LogP contribution in [0.4, 0.5) is 0 Å². The third kappa shape index (κ3) is 1.75. The van der Waals surface area contributed by atoms with E-state index in [9.17, 15) is 0 Å². The fourth-order valence-corrected chi connectivity index (χ4v) is 2.22. The molecule has 1 unspecified atom stereocenters. The van der Waals surface area contributed by atoms with Crippen molar-refractivity contribution in [1.82, 2.24) is 15.3 Å². The van der Waals surface area contributed by atoms with E-state index in [0.717, 1.165) is 43.9 Å². The van der Waals surface area contributed by atoms with E-state index in [1.54, 1.807) is 0 Å². The van der Waals surface area contributed by atoms with Crippen LogP contribution in [0.15, 0.2) is 6.20 Å². The summed E-state index contributed by atoms with van der Waals surface area (Å²) in [6.07, 6.45) is 4.04. The molecule has 1 saturated heterocycles. The SMILES string of the molecule is c1nc(C2CCNC2)nc2c1COCC2. The summed E-state index contributed by atoms with van der Waals surface area (Å²) in [5.74, 6) is 1.53. The molecule has 4 nitrogen and oxygen atoms in total. The van der Waals surface area contributed by atoms with Gasteiger partial charge in [-0.25, -0.2) is 9.97 Å². The topological polar surface area (TPSA) is 47.0 Å². The molecule has 1 N–H and O–H groups in total. The van der Waals surface area contributed by atoms with E-state index in [2.05, 4.69) is 15.3 Å². The van der Waals surface area contributed by atoms with Gasteiger partial charge in [0.25, 0.3) is 0 Å². The lowest BCUT2D eigenvalue weighted by atomic mass is 10.1. The number of ether oxygens (including phenoxy) is 1. The van der Waals surface area contributed by atoms with Crippen molar-refractivity contribution in [3.63, 3.8) is 0 Å². The number of nitrogens with one attached hydrogen (secondary N) is 1. The van der Waals surface area contributed by atoms with E-state index in [1.165, 1.54) is 5.69 Å². The standard InChI is InChI=1S/C11H15N3O/c1-3-12-5-8(1)11-13-6-9-7-15-4-2-10(9)14-11/h6,8,12H,1-5,7H2. The van der Waals surface area contributed by atoms with Crippen LogP contribution in [0.1, 0.15) is 29.4 Å². The van der Waals surface area contributed by atoms with E-state index < -0.39 is 0 Å². The number of rotatable bonds is 1. The Labute approximate surface area is 89.1 Å². The highest BCUT2D eigenvalue weighted by atomic mass is 16.5. The molecule has 1 fully saturated rings. The lowest BCUT2D eigenvalue weighted by Crippen LogP contribution is -2.16. The molecule has 0 spiro atoms. The van der Waals surface area contributed by atoms with Crippen LogP contribution in [0, 0.1) is 0 Å². The molecule has 0 amide bonds. The Morgan fingerprint density at radius 2 is 2.47 bits per heavy atom. The van der Waals surface area contributed by atoms with Gasteiger partial charge in [-0.3, -0.25) is 0 Å². The zero-order valence-electron chi connectivity index (χ0n) is 8.70. The van der Waals surface area contributed by atoms with Gasteiger partial charge in [0.2, 0.25) is 0 Å². The molecule has 80 valence electrons. The van der Waals surface area contributed by atoms with Gasteiger partial charge in [0, 0.05) is 30.6 Å². The third-order valence-corrected chi connectivity index (χ3v) is 3.14. The van der Waals surface area contributed by atoms with Crippen molar-refractivity contribution in [2.45, 2.75) is 25.4 Å². The highest BCUT2D eigenvalue weighted by Crippen LogP contribution is 2.21. The molecule has 0 bridgehead atoms.